The van der Waals surface area contributed by atoms with Crippen molar-refractivity contribution in [3.8, 4) is 0 Å². The molecule has 1 heterocycles. The number of amides is 1. The predicted molar refractivity (Wildman–Crippen MR) is 86.8 cm³/mol. The molecule has 0 fully saturated rings. The van der Waals surface area contributed by atoms with Crippen molar-refractivity contribution in [3.63, 3.8) is 0 Å². The Kier molecular flexibility index (Phi) is 4.16. The van der Waals surface area contributed by atoms with Crippen LogP contribution in [0, 0.1) is 6.26 Å². The maximum Gasteiger partial charge on any atom is 0.227 e. The Labute approximate surface area is 133 Å². The highest BCUT2D eigenvalue weighted by Gasteiger charge is 2.17. The lowest BCUT2D eigenvalue weighted by molar-refractivity contribution is -0.115. The van der Waals surface area contributed by atoms with E-state index in [4.69, 9.17) is 4.42 Å². The Morgan fingerprint density at radius 3 is 2.52 bits per heavy atom. The first-order chi connectivity index (χ1) is 11.1. The van der Waals surface area contributed by atoms with Crippen molar-refractivity contribution in [2.24, 2.45) is 0 Å². The highest BCUT2D eigenvalue weighted by molar-refractivity contribution is 7.91. The number of furan rings is 1. The molecule has 1 amide bonds. The first-order valence-corrected chi connectivity index (χ1v) is 8.68. The molecule has 5 nitrogen and oxygen atoms in total. The van der Waals surface area contributed by atoms with E-state index in [0.717, 1.165) is 10.8 Å². The molecule has 0 spiro atoms. The normalized spacial score (nSPS) is 11.5. The van der Waals surface area contributed by atoms with Crippen molar-refractivity contribution in [3.05, 3.63) is 60.9 Å². The van der Waals surface area contributed by atoms with E-state index >= 15 is 0 Å². The summed E-state index contributed by atoms with van der Waals surface area (Å²) in [6, 6.07) is 15.3. The number of hydrogen-bond donors (Lipinski definition) is 1. The van der Waals surface area contributed by atoms with E-state index in [1.807, 2.05) is 18.2 Å². The van der Waals surface area contributed by atoms with E-state index in [1.54, 1.807) is 24.3 Å². The highest BCUT2D eigenvalue weighted by atomic mass is 32.2. The molecule has 1 radical (unpaired) electrons. The van der Waals surface area contributed by atoms with Crippen molar-refractivity contribution in [1.29, 1.82) is 0 Å². The van der Waals surface area contributed by atoms with Gasteiger partial charge >= 0.3 is 0 Å². The summed E-state index contributed by atoms with van der Waals surface area (Å²) in [5.74, 6) is -0.397. The minimum absolute atomic E-state index is 0.147. The molecule has 1 N–H and O–H groups in total. The van der Waals surface area contributed by atoms with Gasteiger partial charge in [-0.2, -0.15) is 0 Å². The number of nitrogens with one attached hydrogen (secondary N) is 1. The number of hydrogen-bond acceptors (Lipinski definition) is 4. The Morgan fingerprint density at radius 1 is 1.04 bits per heavy atom. The molecule has 0 bridgehead atoms. The first-order valence-electron chi connectivity index (χ1n) is 7.03. The van der Waals surface area contributed by atoms with Gasteiger partial charge in [0.15, 0.2) is 16.1 Å². The van der Waals surface area contributed by atoms with Crippen LogP contribution in [0.2, 0.25) is 0 Å². The van der Waals surface area contributed by atoms with Gasteiger partial charge in [0.1, 0.15) is 0 Å². The van der Waals surface area contributed by atoms with E-state index in [0.29, 0.717) is 0 Å². The molecule has 23 heavy (non-hydrogen) atoms. The van der Waals surface area contributed by atoms with E-state index in [2.05, 4.69) is 11.6 Å². The third-order valence-corrected chi connectivity index (χ3v) is 5.12. The largest absolute Gasteiger partial charge is 0.436 e. The Balaban J connectivity index is 1.66. The summed E-state index contributed by atoms with van der Waals surface area (Å²) < 4.78 is 29.5. The van der Waals surface area contributed by atoms with Gasteiger partial charge in [-0.1, -0.05) is 36.4 Å². The zero-order valence-electron chi connectivity index (χ0n) is 12.2. The molecule has 0 aliphatic rings. The number of fused-ring (bicyclic) bond motifs is 1. The van der Waals surface area contributed by atoms with Gasteiger partial charge in [-0.25, -0.2) is 8.42 Å². The summed E-state index contributed by atoms with van der Waals surface area (Å²) >= 11 is 0. The maximum atomic E-state index is 12.1. The van der Waals surface area contributed by atoms with Crippen molar-refractivity contribution < 1.29 is 17.6 Å². The predicted octanol–water partition coefficient (Wildman–Crippen LogP) is 3.04. The Bertz CT molecular complexity index is 929. The average molecular weight is 328 g/mol. The second kappa shape index (κ2) is 6.26. The quantitative estimate of drug-likeness (QED) is 0.781. The number of anilines is 1. The highest BCUT2D eigenvalue weighted by Crippen LogP contribution is 2.24. The monoisotopic (exact) mass is 328 g/mol. The second-order valence-electron chi connectivity index (χ2n) is 5.01. The fourth-order valence-electron chi connectivity index (χ4n) is 2.19. The molecular formula is C17H14NO4S. The van der Waals surface area contributed by atoms with Crippen LogP contribution in [0.1, 0.15) is 6.42 Å². The zero-order valence-corrected chi connectivity index (χ0v) is 13.0. The van der Waals surface area contributed by atoms with Crippen LogP contribution in [-0.2, 0) is 14.6 Å². The molecule has 0 aliphatic heterocycles. The second-order valence-corrected chi connectivity index (χ2v) is 7.12. The molecule has 0 unspecified atom stereocenters. The fraction of sp³-hybridized carbons (Fsp3) is 0.118. The standard InChI is InChI=1S/C17H14NO4S/c19-16(10-11-23(20,21)14-7-2-1-3-8-14)18-17-15-9-5-4-6-13(15)12-22-17/h1-9H,10-11H2,(H,18,19). The van der Waals surface area contributed by atoms with E-state index in [9.17, 15) is 13.2 Å². The number of carbonyl (C=O) groups excluding carboxylic acids is 1. The topological polar surface area (TPSA) is 76.4 Å². The van der Waals surface area contributed by atoms with Crippen molar-refractivity contribution in [1.82, 2.24) is 0 Å². The van der Waals surface area contributed by atoms with Gasteiger partial charge < -0.3 is 4.42 Å². The number of sulfone groups is 1. The lowest BCUT2D eigenvalue weighted by Crippen LogP contribution is -2.17. The minimum Gasteiger partial charge on any atom is -0.436 e. The molecule has 0 saturated heterocycles. The number of carbonyl (C=O) groups is 1. The molecule has 0 atom stereocenters. The van der Waals surface area contributed by atoms with Crippen LogP contribution in [0.3, 0.4) is 0 Å². The summed E-state index contributed by atoms with van der Waals surface area (Å²) in [4.78, 5) is 12.2. The van der Waals surface area contributed by atoms with Gasteiger partial charge in [0.05, 0.1) is 10.6 Å². The zero-order chi connectivity index (χ0) is 16.3. The smallest absolute Gasteiger partial charge is 0.227 e. The fourth-order valence-corrected chi connectivity index (χ4v) is 3.45. The molecule has 3 rings (SSSR count). The van der Waals surface area contributed by atoms with Crippen LogP contribution < -0.4 is 5.32 Å². The van der Waals surface area contributed by atoms with Crippen LogP contribution in [0.15, 0.2) is 63.9 Å². The van der Waals surface area contributed by atoms with Crippen molar-refractivity contribution in [2.75, 3.05) is 11.1 Å². The number of rotatable bonds is 5. The summed E-state index contributed by atoms with van der Waals surface area (Å²) in [6.45, 7) is 0. The van der Waals surface area contributed by atoms with Crippen LogP contribution in [0.25, 0.3) is 10.8 Å². The van der Waals surface area contributed by atoms with Crippen LogP contribution in [0.4, 0.5) is 5.88 Å². The molecule has 6 heteroatoms. The van der Waals surface area contributed by atoms with Gasteiger partial charge in [-0.15, -0.1) is 0 Å². The van der Waals surface area contributed by atoms with E-state index < -0.39 is 15.7 Å². The molecule has 0 aliphatic carbocycles. The summed E-state index contributed by atoms with van der Waals surface area (Å²) in [5, 5.41) is 4.07. The molecule has 3 aromatic rings. The maximum absolute atomic E-state index is 12.1. The van der Waals surface area contributed by atoms with E-state index in [1.165, 1.54) is 12.1 Å². The minimum atomic E-state index is -3.48. The summed E-state index contributed by atoms with van der Waals surface area (Å²) in [5.41, 5.74) is 0. The number of benzene rings is 2. The van der Waals surface area contributed by atoms with E-state index in [-0.39, 0.29) is 23.0 Å². The molecule has 2 aromatic carbocycles. The molecule has 0 saturated carbocycles. The molecular weight excluding hydrogens is 314 g/mol. The molecule has 1 aromatic heterocycles. The van der Waals surface area contributed by atoms with Crippen molar-refractivity contribution >= 4 is 32.4 Å². The third kappa shape index (κ3) is 3.43. The van der Waals surface area contributed by atoms with Crippen molar-refractivity contribution in [2.45, 2.75) is 11.3 Å². The summed E-state index contributed by atoms with van der Waals surface area (Å²) in [6.07, 6.45) is 2.54. The van der Waals surface area contributed by atoms with Gasteiger partial charge in [-0.05, 0) is 18.2 Å². The molecule has 117 valence electrons. The Hall–Kier alpha value is -2.60. The summed E-state index contributed by atoms with van der Waals surface area (Å²) in [7, 11) is -3.48. The first kappa shape index (κ1) is 15.3. The average Bonchev–Trinajstić information content (AvgIpc) is 2.97. The van der Waals surface area contributed by atoms with Gasteiger partial charge in [0.2, 0.25) is 11.8 Å². The van der Waals surface area contributed by atoms with Crippen LogP contribution in [0.5, 0.6) is 0 Å². The lowest BCUT2D eigenvalue weighted by Gasteiger charge is -2.05. The lowest BCUT2D eigenvalue weighted by atomic mass is 10.2. The van der Waals surface area contributed by atoms with Gasteiger partial charge in [0, 0.05) is 17.2 Å². The SMILES string of the molecule is O=C(CCS(=O)(=O)c1ccccc1)Nc1o[c]c2ccccc12. The van der Waals surface area contributed by atoms with Crippen LogP contribution >= 0.6 is 0 Å². The third-order valence-electron chi connectivity index (χ3n) is 3.39. The van der Waals surface area contributed by atoms with Gasteiger partial charge in [0.25, 0.3) is 0 Å². The Morgan fingerprint density at radius 2 is 1.74 bits per heavy atom. The van der Waals surface area contributed by atoms with Crippen LogP contribution in [-0.4, -0.2) is 20.1 Å². The van der Waals surface area contributed by atoms with Gasteiger partial charge in [-0.3, -0.25) is 10.1 Å².